The Kier molecular flexibility index (Phi) is 5.77. The van der Waals surface area contributed by atoms with Crippen molar-refractivity contribution in [3.05, 3.63) is 35.1 Å². The molecule has 0 radical (unpaired) electrons. The molecule has 1 fully saturated rings. The second-order valence-corrected chi connectivity index (χ2v) is 6.51. The maximum absolute atomic E-state index is 13.8. The third-order valence-electron chi connectivity index (χ3n) is 4.13. The van der Waals surface area contributed by atoms with Crippen molar-refractivity contribution in [2.75, 3.05) is 27.2 Å². The predicted octanol–water partition coefficient (Wildman–Crippen LogP) is 2.43. The molecule has 0 atom stereocenters. The van der Waals surface area contributed by atoms with Gasteiger partial charge in [-0.3, -0.25) is 0 Å². The number of nitrogens with two attached hydrogens (primary N) is 1. The first-order chi connectivity index (χ1) is 10.5. The van der Waals surface area contributed by atoms with Crippen LogP contribution in [0, 0.1) is 11.7 Å². The number of benzene rings is 1. The average molecular weight is 306 g/mol. The van der Waals surface area contributed by atoms with E-state index in [1.165, 1.54) is 18.9 Å². The van der Waals surface area contributed by atoms with Crippen LogP contribution >= 0.6 is 0 Å². The van der Waals surface area contributed by atoms with Crippen LogP contribution in [0.15, 0.2) is 23.2 Å². The first-order valence-electron chi connectivity index (χ1n) is 7.92. The van der Waals surface area contributed by atoms with Gasteiger partial charge in [-0.15, -0.1) is 0 Å². The molecule has 2 N–H and O–H groups in total. The highest BCUT2D eigenvalue weighted by Crippen LogP contribution is 2.16. The molecule has 5 heteroatoms. The van der Waals surface area contributed by atoms with Crippen molar-refractivity contribution in [2.45, 2.75) is 32.9 Å². The standard InChI is InChI=1S/C17H27FN4/c1-13-6-8-22(9-7-13)17(19)20-11-14-4-5-16(18)15(10-14)12-21(2)3/h4-5,10,13H,6-9,11-12H2,1-3H3,(H2,19,20). The zero-order valence-electron chi connectivity index (χ0n) is 13.8. The Morgan fingerprint density at radius 2 is 2.05 bits per heavy atom. The fourth-order valence-electron chi connectivity index (χ4n) is 2.70. The van der Waals surface area contributed by atoms with Crippen molar-refractivity contribution in [3.8, 4) is 0 Å². The van der Waals surface area contributed by atoms with Crippen LogP contribution in [0.25, 0.3) is 0 Å². The topological polar surface area (TPSA) is 44.9 Å². The van der Waals surface area contributed by atoms with Crippen LogP contribution in [0.1, 0.15) is 30.9 Å². The third kappa shape index (κ3) is 4.70. The van der Waals surface area contributed by atoms with E-state index in [9.17, 15) is 4.39 Å². The molecule has 0 unspecified atom stereocenters. The second kappa shape index (κ2) is 7.58. The minimum atomic E-state index is -0.167. The third-order valence-corrected chi connectivity index (χ3v) is 4.13. The van der Waals surface area contributed by atoms with Gasteiger partial charge < -0.3 is 15.5 Å². The molecule has 122 valence electrons. The normalized spacial score (nSPS) is 17.3. The van der Waals surface area contributed by atoms with Gasteiger partial charge in [0, 0.05) is 25.2 Å². The van der Waals surface area contributed by atoms with Crippen LogP contribution < -0.4 is 5.73 Å². The number of halogens is 1. The Bertz CT molecular complexity index is 519. The van der Waals surface area contributed by atoms with E-state index in [-0.39, 0.29) is 5.82 Å². The van der Waals surface area contributed by atoms with Gasteiger partial charge in [-0.05, 0) is 50.6 Å². The van der Waals surface area contributed by atoms with Crippen LogP contribution in [0.4, 0.5) is 4.39 Å². The van der Waals surface area contributed by atoms with Gasteiger partial charge in [-0.1, -0.05) is 13.0 Å². The quantitative estimate of drug-likeness (QED) is 0.686. The maximum Gasteiger partial charge on any atom is 0.191 e. The summed E-state index contributed by atoms with van der Waals surface area (Å²) in [5.74, 6) is 1.21. The summed E-state index contributed by atoms with van der Waals surface area (Å²) in [5, 5.41) is 0. The summed E-state index contributed by atoms with van der Waals surface area (Å²) in [6.07, 6.45) is 2.33. The summed E-state index contributed by atoms with van der Waals surface area (Å²) in [4.78, 5) is 8.57. The highest BCUT2D eigenvalue weighted by molar-refractivity contribution is 5.78. The van der Waals surface area contributed by atoms with Crippen LogP contribution in [-0.2, 0) is 13.1 Å². The van der Waals surface area contributed by atoms with E-state index in [0.29, 0.717) is 24.6 Å². The lowest BCUT2D eigenvalue weighted by atomic mass is 10.00. The zero-order chi connectivity index (χ0) is 16.1. The van der Waals surface area contributed by atoms with Gasteiger partial charge in [-0.25, -0.2) is 9.38 Å². The number of likely N-dealkylation sites (tertiary alicyclic amines) is 1. The molecule has 1 aliphatic rings. The summed E-state index contributed by atoms with van der Waals surface area (Å²) in [6.45, 7) is 5.31. The molecule has 0 saturated carbocycles. The summed E-state index contributed by atoms with van der Waals surface area (Å²) < 4.78 is 13.8. The molecule has 2 rings (SSSR count). The number of hydrogen-bond acceptors (Lipinski definition) is 2. The van der Waals surface area contributed by atoms with Crippen LogP contribution in [-0.4, -0.2) is 42.9 Å². The molecule has 1 heterocycles. The van der Waals surface area contributed by atoms with E-state index < -0.39 is 0 Å². The molecular weight excluding hydrogens is 279 g/mol. The number of aliphatic imine (C=N–C) groups is 1. The molecule has 1 saturated heterocycles. The molecule has 0 spiro atoms. The van der Waals surface area contributed by atoms with E-state index in [1.807, 2.05) is 25.1 Å². The van der Waals surface area contributed by atoms with Crippen LogP contribution in [0.5, 0.6) is 0 Å². The Hall–Kier alpha value is -1.62. The lowest BCUT2D eigenvalue weighted by Gasteiger charge is -2.31. The van der Waals surface area contributed by atoms with Crippen molar-refractivity contribution in [1.29, 1.82) is 0 Å². The van der Waals surface area contributed by atoms with E-state index in [2.05, 4.69) is 16.8 Å². The van der Waals surface area contributed by atoms with E-state index >= 15 is 0 Å². The molecule has 1 aromatic carbocycles. The SMILES string of the molecule is CC1CCN(C(N)=NCc2ccc(F)c(CN(C)C)c2)CC1. The first-order valence-corrected chi connectivity index (χ1v) is 7.92. The molecule has 0 aliphatic carbocycles. The summed E-state index contributed by atoms with van der Waals surface area (Å²) in [6, 6.07) is 5.18. The predicted molar refractivity (Wildman–Crippen MR) is 89.1 cm³/mol. The molecule has 0 aromatic heterocycles. The number of rotatable bonds is 4. The lowest BCUT2D eigenvalue weighted by molar-refractivity contribution is 0.277. The Morgan fingerprint density at radius 1 is 1.36 bits per heavy atom. The fourth-order valence-corrected chi connectivity index (χ4v) is 2.70. The van der Waals surface area contributed by atoms with Gasteiger partial charge in [0.15, 0.2) is 5.96 Å². The Labute approximate surface area is 132 Å². The van der Waals surface area contributed by atoms with Crippen molar-refractivity contribution in [3.63, 3.8) is 0 Å². The number of hydrogen-bond donors (Lipinski definition) is 1. The van der Waals surface area contributed by atoms with Crippen LogP contribution in [0.3, 0.4) is 0 Å². The largest absolute Gasteiger partial charge is 0.370 e. The first kappa shape index (κ1) is 16.7. The van der Waals surface area contributed by atoms with Crippen molar-refractivity contribution < 1.29 is 4.39 Å². The highest BCUT2D eigenvalue weighted by Gasteiger charge is 2.16. The van der Waals surface area contributed by atoms with Gasteiger partial charge in [0.2, 0.25) is 0 Å². The van der Waals surface area contributed by atoms with Crippen molar-refractivity contribution in [1.82, 2.24) is 9.80 Å². The smallest absolute Gasteiger partial charge is 0.191 e. The summed E-state index contributed by atoms with van der Waals surface area (Å²) in [7, 11) is 3.86. The lowest BCUT2D eigenvalue weighted by Crippen LogP contribution is -2.42. The monoisotopic (exact) mass is 306 g/mol. The summed E-state index contributed by atoms with van der Waals surface area (Å²) in [5.41, 5.74) is 7.77. The molecule has 0 bridgehead atoms. The summed E-state index contributed by atoms with van der Waals surface area (Å²) >= 11 is 0. The van der Waals surface area contributed by atoms with Gasteiger partial charge >= 0.3 is 0 Å². The second-order valence-electron chi connectivity index (χ2n) is 6.51. The molecule has 1 aliphatic heterocycles. The maximum atomic E-state index is 13.8. The zero-order valence-corrected chi connectivity index (χ0v) is 13.8. The Morgan fingerprint density at radius 3 is 2.68 bits per heavy atom. The average Bonchev–Trinajstić information content (AvgIpc) is 2.48. The van der Waals surface area contributed by atoms with Crippen molar-refractivity contribution >= 4 is 5.96 Å². The van der Waals surface area contributed by atoms with Gasteiger partial charge in [-0.2, -0.15) is 0 Å². The van der Waals surface area contributed by atoms with Gasteiger partial charge in [0.1, 0.15) is 5.82 Å². The van der Waals surface area contributed by atoms with E-state index in [1.54, 1.807) is 6.07 Å². The Balaban J connectivity index is 1.99. The molecule has 1 aromatic rings. The fraction of sp³-hybridized carbons (Fsp3) is 0.588. The van der Waals surface area contributed by atoms with Crippen molar-refractivity contribution in [2.24, 2.45) is 16.6 Å². The molecular formula is C17H27FN4. The van der Waals surface area contributed by atoms with Crippen LogP contribution in [0.2, 0.25) is 0 Å². The molecule has 22 heavy (non-hydrogen) atoms. The highest BCUT2D eigenvalue weighted by atomic mass is 19.1. The van der Waals surface area contributed by atoms with E-state index in [4.69, 9.17) is 5.73 Å². The van der Waals surface area contributed by atoms with Gasteiger partial charge in [0.05, 0.1) is 6.54 Å². The molecule has 0 amide bonds. The number of nitrogens with zero attached hydrogens (tertiary/aromatic N) is 3. The minimum Gasteiger partial charge on any atom is -0.370 e. The van der Waals surface area contributed by atoms with E-state index in [0.717, 1.165) is 24.6 Å². The minimum absolute atomic E-state index is 0.167. The van der Waals surface area contributed by atoms with Gasteiger partial charge in [0.25, 0.3) is 0 Å². The molecule has 4 nitrogen and oxygen atoms in total. The number of guanidine groups is 1. The number of piperidine rings is 1.